The van der Waals surface area contributed by atoms with E-state index >= 15 is 0 Å². The molecule has 0 atom stereocenters. The smallest absolute Gasteiger partial charge is 0.327 e. The fourth-order valence-electron chi connectivity index (χ4n) is 0. The third-order valence-electron chi connectivity index (χ3n) is 0.284. The lowest BCUT2D eigenvalue weighted by atomic mass is 10.7. The molecule has 0 amide bonds. The van der Waals surface area contributed by atoms with Gasteiger partial charge in [0, 0.05) is 12.0 Å². The Bertz CT molecular complexity index is 99.2. The van der Waals surface area contributed by atoms with E-state index in [0.29, 0.717) is 5.88 Å². The van der Waals surface area contributed by atoms with Crippen LogP contribution in [-0.2, 0) is 4.79 Å². The van der Waals surface area contributed by atoms with E-state index in [-0.39, 0.29) is 0 Å². The molecule has 0 radical (unpaired) electrons. The Labute approximate surface area is 59.4 Å². The van der Waals surface area contributed by atoms with Crippen LogP contribution in [0.5, 0.6) is 0 Å². The largest absolute Gasteiger partial charge is 0.478 e. The fourth-order valence-corrected chi connectivity index (χ4v) is 0. The molecule has 0 aliphatic carbocycles. The average Bonchev–Trinajstić information content (AvgIpc) is 1.89. The second-order valence-corrected chi connectivity index (χ2v) is 1.29. The van der Waals surface area contributed by atoms with Gasteiger partial charge in [0.25, 0.3) is 0 Å². The van der Waals surface area contributed by atoms with Crippen LogP contribution < -0.4 is 0 Å². The Kier molecular flexibility index (Phi) is 12.7. The second kappa shape index (κ2) is 10.3. The lowest BCUT2D eigenvalue weighted by Crippen LogP contribution is -1.82. The quantitative estimate of drug-likeness (QED) is 0.368. The molecule has 0 aromatic carbocycles. The monoisotopic (exact) mass is 148 g/mol. The Hall–Kier alpha value is -0.760. The number of hydrogen-bond donors (Lipinski definition) is 1. The number of alkyl halides is 1. The number of rotatable bonds is 2. The van der Waals surface area contributed by atoms with Crippen LogP contribution in [0.25, 0.3) is 0 Å². The number of allylic oxidation sites excluding steroid dienone is 1. The molecule has 0 aromatic rings. The second-order valence-electron chi connectivity index (χ2n) is 0.985. The predicted octanol–water partition coefficient (Wildman–Crippen LogP) is 1.67. The summed E-state index contributed by atoms with van der Waals surface area (Å²) in [7, 11) is 0. The molecular weight excluding hydrogens is 140 g/mol. The summed E-state index contributed by atoms with van der Waals surface area (Å²) in [5.74, 6) is -0.426. The number of carboxylic acid groups (broad SMARTS) is 1. The minimum atomic E-state index is -0.981. The molecule has 0 aliphatic heterocycles. The van der Waals surface area contributed by atoms with Crippen molar-refractivity contribution >= 4 is 17.6 Å². The Morgan fingerprint density at radius 2 is 1.89 bits per heavy atom. The molecule has 0 heterocycles. The lowest BCUT2D eigenvalue weighted by molar-refractivity contribution is -0.131. The zero-order valence-electron chi connectivity index (χ0n) is 5.01. The van der Waals surface area contributed by atoms with Crippen molar-refractivity contribution in [2.45, 2.75) is 0 Å². The highest BCUT2D eigenvalue weighted by Crippen LogP contribution is 1.67. The van der Waals surface area contributed by atoms with Crippen LogP contribution in [0, 0.1) is 0 Å². The van der Waals surface area contributed by atoms with Gasteiger partial charge in [0.15, 0.2) is 0 Å². The molecular formula is C6H9ClO2. The van der Waals surface area contributed by atoms with Crippen LogP contribution in [-0.4, -0.2) is 17.0 Å². The van der Waals surface area contributed by atoms with Gasteiger partial charge in [0.05, 0.1) is 0 Å². The van der Waals surface area contributed by atoms with Gasteiger partial charge in [-0.25, -0.2) is 4.79 Å². The van der Waals surface area contributed by atoms with Crippen molar-refractivity contribution in [3.05, 3.63) is 25.3 Å². The van der Waals surface area contributed by atoms with Gasteiger partial charge < -0.3 is 5.11 Å². The van der Waals surface area contributed by atoms with E-state index in [9.17, 15) is 4.79 Å². The zero-order chi connectivity index (χ0) is 7.70. The molecule has 0 aliphatic rings. The first kappa shape index (κ1) is 11.1. The first-order chi connectivity index (χ1) is 4.18. The molecule has 0 rings (SSSR count). The highest BCUT2D eigenvalue weighted by Gasteiger charge is 1.73. The van der Waals surface area contributed by atoms with Gasteiger partial charge in [0.2, 0.25) is 0 Å². The van der Waals surface area contributed by atoms with Crippen LogP contribution in [0.15, 0.2) is 25.3 Å². The van der Waals surface area contributed by atoms with Crippen molar-refractivity contribution in [2.24, 2.45) is 0 Å². The number of hydrogen-bond acceptors (Lipinski definition) is 1. The van der Waals surface area contributed by atoms with Crippen LogP contribution in [0.1, 0.15) is 0 Å². The van der Waals surface area contributed by atoms with Gasteiger partial charge in [-0.05, 0) is 0 Å². The molecule has 0 fully saturated rings. The topological polar surface area (TPSA) is 37.3 Å². The highest BCUT2D eigenvalue weighted by molar-refractivity contribution is 6.18. The number of carbonyl (C=O) groups is 1. The predicted molar refractivity (Wildman–Crippen MR) is 38.7 cm³/mol. The van der Waals surface area contributed by atoms with Gasteiger partial charge in [0.1, 0.15) is 0 Å². The van der Waals surface area contributed by atoms with Crippen LogP contribution in [0.2, 0.25) is 0 Å². The maximum absolute atomic E-state index is 9.25. The van der Waals surface area contributed by atoms with Gasteiger partial charge in [-0.1, -0.05) is 12.7 Å². The van der Waals surface area contributed by atoms with E-state index in [1.807, 2.05) is 0 Å². The molecule has 0 aromatic heterocycles. The summed E-state index contributed by atoms with van der Waals surface area (Å²) in [6.45, 7) is 6.31. The summed E-state index contributed by atoms with van der Waals surface area (Å²) in [5.41, 5.74) is 0. The van der Waals surface area contributed by atoms with E-state index in [1.165, 1.54) is 0 Å². The molecule has 3 heteroatoms. The number of aliphatic carboxylic acids is 1. The standard InChI is InChI=1S/C3H5Cl.C3H4O2/c1-2-3-4;1-2-3(4)5/h2H,1,3H2;2H,1H2,(H,4,5). The zero-order valence-corrected chi connectivity index (χ0v) is 5.77. The Morgan fingerprint density at radius 1 is 1.67 bits per heavy atom. The van der Waals surface area contributed by atoms with Crippen molar-refractivity contribution < 1.29 is 9.90 Å². The van der Waals surface area contributed by atoms with Crippen molar-refractivity contribution in [3.63, 3.8) is 0 Å². The molecule has 2 nitrogen and oxygen atoms in total. The van der Waals surface area contributed by atoms with Gasteiger partial charge in [-0.3, -0.25) is 0 Å². The van der Waals surface area contributed by atoms with E-state index < -0.39 is 5.97 Å². The fraction of sp³-hybridized carbons (Fsp3) is 0.167. The van der Waals surface area contributed by atoms with Crippen LogP contribution in [0.3, 0.4) is 0 Å². The summed E-state index contributed by atoms with van der Waals surface area (Å²) in [5, 5.41) is 7.60. The van der Waals surface area contributed by atoms with Crippen LogP contribution >= 0.6 is 11.6 Å². The summed E-state index contributed by atoms with van der Waals surface area (Å²) in [6, 6.07) is 0. The minimum Gasteiger partial charge on any atom is -0.478 e. The van der Waals surface area contributed by atoms with E-state index in [0.717, 1.165) is 6.08 Å². The Morgan fingerprint density at radius 3 is 1.89 bits per heavy atom. The third kappa shape index (κ3) is 39.6. The van der Waals surface area contributed by atoms with E-state index in [2.05, 4.69) is 13.2 Å². The summed E-state index contributed by atoms with van der Waals surface area (Å²) < 4.78 is 0. The van der Waals surface area contributed by atoms with E-state index in [1.54, 1.807) is 6.08 Å². The van der Waals surface area contributed by atoms with Crippen molar-refractivity contribution in [3.8, 4) is 0 Å². The number of carboxylic acids is 1. The normalized spacial score (nSPS) is 6.33. The summed E-state index contributed by atoms with van der Waals surface area (Å²) in [4.78, 5) is 9.25. The summed E-state index contributed by atoms with van der Waals surface area (Å²) >= 11 is 5.07. The molecule has 52 valence electrons. The highest BCUT2D eigenvalue weighted by atomic mass is 35.5. The minimum absolute atomic E-state index is 0.556. The maximum Gasteiger partial charge on any atom is 0.327 e. The molecule has 0 bridgehead atoms. The lowest BCUT2D eigenvalue weighted by Gasteiger charge is -1.64. The maximum atomic E-state index is 9.25. The first-order valence-electron chi connectivity index (χ1n) is 2.21. The Balaban J connectivity index is 0. The molecule has 9 heavy (non-hydrogen) atoms. The first-order valence-corrected chi connectivity index (χ1v) is 2.74. The SMILES string of the molecule is C=CC(=O)O.C=CCCl. The molecule has 0 saturated heterocycles. The van der Waals surface area contributed by atoms with E-state index in [4.69, 9.17) is 16.7 Å². The summed E-state index contributed by atoms with van der Waals surface area (Å²) in [6.07, 6.45) is 2.47. The number of halogens is 1. The molecule has 0 spiro atoms. The molecule has 0 unspecified atom stereocenters. The van der Waals surface area contributed by atoms with Gasteiger partial charge in [-0.15, -0.1) is 18.2 Å². The molecule has 1 N–H and O–H groups in total. The van der Waals surface area contributed by atoms with Crippen molar-refractivity contribution in [2.75, 3.05) is 5.88 Å². The third-order valence-corrected chi connectivity index (χ3v) is 0.502. The average molecular weight is 149 g/mol. The van der Waals surface area contributed by atoms with Crippen molar-refractivity contribution in [1.82, 2.24) is 0 Å². The molecule has 0 saturated carbocycles. The van der Waals surface area contributed by atoms with Crippen LogP contribution in [0.4, 0.5) is 0 Å². The van der Waals surface area contributed by atoms with Gasteiger partial charge in [-0.2, -0.15) is 0 Å². The van der Waals surface area contributed by atoms with Crippen molar-refractivity contribution in [1.29, 1.82) is 0 Å². The van der Waals surface area contributed by atoms with Gasteiger partial charge >= 0.3 is 5.97 Å².